The van der Waals surface area contributed by atoms with Gasteiger partial charge in [-0.15, -0.1) is 0 Å². The van der Waals surface area contributed by atoms with E-state index in [1.807, 2.05) is 0 Å². The van der Waals surface area contributed by atoms with E-state index in [0.29, 0.717) is 17.0 Å². The first-order valence-electron chi connectivity index (χ1n) is 6.62. The Hall–Kier alpha value is -1.62. The smallest absolute Gasteiger partial charge is 0.269 e. The zero-order valence-electron chi connectivity index (χ0n) is 11.8. The maximum atomic E-state index is 11.9. The van der Waals surface area contributed by atoms with E-state index in [-0.39, 0.29) is 18.1 Å². The summed E-state index contributed by atoms with van der Waals surface area (Å²) < 4.78 is 0. The number of rotatable bonds is 7. The van der Waals surface area contributed by atoms with Crippen molar-refractivity contribution in [3.63, 3.8) is 0 Å². The van der Waals surface area contributed by atoms with Crippen LogP contribution < -0.4 is 0 Å². The molecule has 0 aromatic heterocycles. The lowest BCUT2D eigenvalue weighted by Gasteiger charge is -2.18. The molecule has 1 rings (SSSR count). The van der Waals surface area contributed by atoms with Crippen molar-refractivity contribution in [1.29, 1.82) is 0 Å². The van der Waals surface area contributed by atoms with Gasteiger partial charge in [0.1, 0.15) is 0 Å². The fourth-order valence-corrected chi connectivity index (χ4v) is 2.03. The number of hydrogen-bond acceptors (Lipinski definition) is 3. The van der Waals surface area contributed by atoms with Crippen molar-refractivity contribution in [2.45, 2.75) is 39.2 Å². The second-order valence-electron chi connectivity index (χ2n) is 4.74. The first-order chi connectivity index (χ1) is 9.45. The van der Waals surface area contributed by atoms with Gasteiger partial charge in [0.25, 0.3) is 5.69 Å². The minimum atomic E-state index is -0.469. The topological polar surface area (TPSA) is 63.5 Å². The summed E-state index contributed by atoms with van der Waals surface area (Å²) in [5, 5.41) is 11.2. The van der Waals surface area contributed by atoms with E-state index >= 15 is 0 Å². The highest BCUT2D eigenvalue weighted by molar-refractivity contribution is 6.31. The van der Waals surface area contributed by atoms with Crippen LogP contribution in [0.4, 0.5) is 5.69 Å². The number of nitro groups is 1. The highest BCUT2D eigenvalue weighted by Crippen LogP contribution is 2.23. The second kappa shape index (κ2) is 7.85. The number of nitrogens with zero attached hydrogens (tertiary/aromatic N) is 2. The van der Waals surface area contributed by atoms with Crippen LogP contribution in [0.15, 0.2) is 18.2 Å². The van der Waals surface area contributed by atoms with Gasteiger partial charge in [-0.2, -0.15) is 0 Å². The third kappa shape index (κ3) is 4.81. The molecule has 0 fully saturated rings. The molecule has 1 aromatic carbocycles. The Bertz CT molecular complexity index is 491. The number of nitro benzene ring substituents is 1. The van der Waals surface area contributed by atoms with E-state index in [2.05, 4.69) is 6.92 Å². The van der Waals surface area contributed by atoms with Crippen molar-refractivity contribution in [1.82, 2.24) is 4.90 Å². The molecule has 0 aliphatic rings. The van der Waals surface area contributed by atoms with Gasteiger partial charge in [0.15, 0.2) is 0 Å². The van der Waals surface area contributed by atoms with Crippen LogP contribution >= 0.6 is 11.6 Å². The first-order valence-corrected chi connectivity index (χ1v) is 7.00. The molecule has 110 valence electrons. The monoisotopic (exact) mass is 298 g/mol. The molecule has 0 N–H and O–H groups in total. The van der Waals surface area contributed by atoms with Crippen LogP contribution in [0, 0.1) is 10.1 Å². The largest absolute Gasteiger partial charge is 0.341 e. The van der Waals surface area contributed by atoms with Gasteiger partial charge in [0.2, 0.25) is 5.91 Å². The average Bonchev–Trinajstić information content (AvgIpc) is 2.41. The zero-order valence-corrected chi connectivity index (χ0v) is 12.5. The predicted octanol–water partition coefficient (Wildman–Crippen LogP) is 3.79. The molecule has 0 saturated carbocycles. The maximum Gasteiger partial charge on any atom is 0.269 e. The normalized spacial score (nSPS) is 10.3. The molecule has 0 aliphatic heterocycles. The number of amides is 1. The lowest BCUT2D eigenvalue weighted by molar-refractivity contribution is -0.384. The Labute approximate surface area is 123 Å². The minimum Gasteiger partial charge on any atom is -0.341 e. The Kier molecular flexibility index (Phi) is 6.45. The molecule has 0 spiro atoms. The molecule has 1 aromatic rings. The molecule has 5 nitrogen and oxygen atoms in total. The molecule has 6 heteroatoms. The van der Waals surface area contributed by atoms with Gasteiger partial charge in [0, 0.05) is 37.2 Å². The van der Waals surface area contributed by atoms with Crippen LogP contribution in [0.25, 0.3) is 0 Å². The fourth-order valence-electron chi connectivity index (χ4n) is 1.86. The van der Waals surface area contributed by atoms with E-state index in [1.54, 1.807) is 11.9 Å². The molecule has 0 unspecified atom stereocenters. The van der Waals surface area contributed by atoms with Gasteiger partial charge in [-0.25, -0.2) is 0 Å². The number of carbonyl (C=O) groups excluding carboxylic acids is 1. The van der Waals surface area contributed by atoms with Crippen LogP contribution in [0.3, 0.4) is 0 Å². The summed E-state index contributed by atoms with van der Waals surface area (Å²) in [6.45, 7) is 2.36. The molecular weight excluding hydrogens is 280 g/mol. The third-order valence-corrected chi connectivity index (χ3v) is 3.44. The van der Waals surface area contributed by atoms with Crippen LogP contribution in [0.2, 0.25) is 5.02 Å². The van der Waals surface area contributed by atoms with Gasteiger partial charge >= 0.3 is 0 Å². The molecule has 20 heavy (non-hydrogen) atoms. The predicted molar refractivity (Wildman–Crippen MR) is 78.7 cm³/mol. The lowest BCUT2D eigenvalue weighted by atomic mass is 10.1. The minimum absolute atomic E-state index is 0.0174. The standard InChI is InChI=1S/C14H19ClN2O3/c1-3-4-5-6-14(18)16(2)10-11-9-12(17(19)20)7-8-13(11)15/h7-9H,3-6,10H2,1-2H3. The molecule has 0 heterocycles. The van der Waals surface area contributed by atoms with E-state index in [9.17, 15) is 14.9 Å². The highest BCUT2D eigenvalue weighted by Gasteiger charge is 2.14. The van der Waals surface area contributed by atoms with E-state index in [1.165, 1.54) is 18.2 Å². The molecule has 0 bridgehead atoms. The zero-order chi connectivity index (χ0) is 15.1. The fraction of sp³-hybridized carbons (Fsp3) is 0.500. The Morgan fingerprint density at radius 2 is 2.10 bits per heavy atom. The molecule has 0 saturated heterocycles. The van der Waals surface area contributed by atoms with Crippen molar-refractivity contribution in [3.05, 3.63) is 38.9 Å². The quantitative estimate of drug-likeness (QED) is 0.437. The summed E-state index contributed by atoms with van der Waals surface area (Å²) in [5.74, 6) is 0.0287. The summed E-state index contributed by atoms with van der Waals surface area (Å²) in [6.07, 6.45) is 3.45. The van der Waals surface area contributed by atoms with Crippen molar-refractivity contribution in [2.75, 3.05) is 7.05 Å². The van der Waals surface area contributed by atoms with Crippen LogP contribution in [-0.4, -0.2) is 22.8 Å². The van der Waals surface area contributed by atoms with Gasteiger partial charge in [-0.1, -0.05) is 31.4 Å². The van der Waals surface area contributed by atoms with Crippen molar-refractivity contribution < 1.29 is 9.72 Å². The van der Waals surface area contributed by atoms with Crippen LogP contribution in [0.5, 0.6) is 0 Å². The molecule has 1 amide bonds. The molecule has 0 atom stereocenters. The lowest BCUT2D eigenvalue weighted by Crippen LogP contribution is -2.26. The number of non-ortho nitro benzene ring substituents is 1. The molecular formula is C14H19ClN2O3. The molecule has 0 aliphatic carbocycles. The average molecular weight is 299 g/mol. The van der Waals surface area contributed by atoms with Gasteiger partial charge in [-0.3, -0.25) is 14.9 Å². The molecule has 0 radical (unpaired) electrons. The van der Waals surface area contributed by atoms with E-state index < -0.39 is 4.92 Å². The van der Waals surface area contributed by atoms with Crippen molar-refractivity contribution >= 4 is 23.2 Å². The van der Waals surface area contributed by atoms with Gasteiger partial charge in [-0.05, 0) is 18.1 Å². The highest BCUT2D eigenvalue weighted by atomic mass is 35.5. The SMILES string of the molecule is CCCCCC(=O)N(C)Cc1cc([N+](=O)[O-])ccc1Cl. The summed E-state index contributed by atoms with van der Waals surface area (Å²) in [5.41, 5.74) is 0.573. The Morgan fingerprint density at radius 1 is 1.40 bits per heavy atom. The number of benzene rings is 1. The van der Waals surface area contributed by atoms with Crippen LogP contribution in [0.1, 0.15) is 38.2 Å². The number of unbranched alkanes of at least 4 members (excludes halogenated alkanes) is 2. The van der Waals surface area contributed by atoms with Crippen molar-refractivity contribution in [3.8, 4) is 0 Å². The number of halogens is 1. The third-order valence-electron chi connectivity index (χ3n) is 3.07. The second-order valence-corrected chi connectivity index (χ2v) is 5.15. The number of carbonyl (C=O) groups is 1. The summed E-state index contributed by atoms with van der Waals surface area (Å²) in [4.78, 5) is 23.7. The van der Waals surface area contributed by atoms with E-state index in [0.717, 1.165) is 19.3 Å². The van der Waals surface area contributed by atoms with Crippen LogP contribution in [-0.2, 0) is 11.3 Å². The first kappa shape index (κ1) is 16.4. The van der Waals surface area contributed by atoms with Gasteiger partial charge < -0.3 is 4.90 Å². The number of hydrogen-bond donors (Lipinski definition) is 0. The Balaban J connectivity index is 2.69. The Morgan fingerprint density at radius 3 is 2.70 bits per heavy atom. The summed E-state index contributed by atoms with van der Waals surface area (Å²) in [7, 11) is 1.68. The summed E-state index contributed by atoms with van der Waals surface area (Å²) >= 11 is 6.02. The summed E-state index contributed by atoms with van der Waals surface area (Å²) in [6, 6.07) is 4.26. The van der Waals surface area contributed by atoms with E-state index in [4.69, 9.17) is 11.6 Å². The van der Waals surface area contributed by atoms with Crippen molar-refractivity contribution in [2.24, 2.45) is 0 Å². The van der Waals surface area contributed by atoms with Gasteiger partial charge in [0.05, 0.1) is 4.92 Å². The maximum absolute atomic E-state index is 11.9.